The fourth-order valence-electron chi connectivity index (χ4n) is 3.38. The first-order chi connectivity index (χ1) is 11.0. The molecule has 0 bridgehead atoms. The minimum Gasteiger partial charge on any atom is -0.344 e. The van der Waals surface area contributed by atoms with E-state index < -0.39 is 22.2 Å². The maximum absolute atomic E-state index is 11.1. The smallest absolute Gasteiger partial charge is 0.333 e. The number of hydrogen-bond donors (Lipinski definition) is 1. The first-order valence-electron chi connectivity index (χ1n) is 8.03. The van der Waals surface area contributed by atoms with E-state index in [0.717, 1.165) is 31.2 Å². The van der Waals surface area contributed by atoms with Crippen LogP contribution in [0.15, 0.2) is 30.3 Å². The molecule has 1 spiro atoms. The number of hydrogen-bond acceptors (Lipinski definition) is 5. The molecule has 1 saturated heterocycles. The van der Waals surface area contributed by atoms with Crippen LogP contribution in [0.4, 0.5) is 0 Å². The van der Waals surface area contributed by atoms with Gasteiger partial charge in [-0.05, 0) is 18.4 Å². The molecule has 0 amide bonds. The monoisotopic (exact) mass is 341 g/mol. The molecule has 3 rings (SSSR count). The molecular formula is C16H23NO5S. The Morgan fingerprint density at radius 3 is 2.39 bits per heavy atom. The van der Waals surface area contributed by atoms with Crippen molar-refractivity contribution in [3.63, 3.8) is 0 Å². The third-order valence-electron chi connectivity index (χ3n) is 4.44. The first-order valence-corrected chi connectivity index (χ1v) is 9.50. The van der Waals surface area contributed by atoms with Crippen LogP contribution in [0, 0.1) is 0 Å². The molecule has 1 aliphatic carbocycles. The van der Waals surface area contributed by atoms with Gasteiger partial charge in [-0.15, -0.1) is 0 Å². The van der Waals surface area contributed by atoms with Crippen molar-refractivity contribution < 1.29 is 22.1 Å². The highest BCUT2D eigenvalue weighted by Gasteiger charge is 2.48. The number of benzene rings is 1. The van der Waals surface area contributed by atoms with Crippen LogP contribution in [-0.2, 0) is 30.4 Å². The highest BCUT2D eigenvalue weighted by molar-refractivity contribution is 7.84. The van der Waals surface area contributed by atoms with Crippen LogP contribution in [0.5, 0.6) is 0 Å². The molecule has 7 heteroatoms. The molecule has 0 aromatic heterocycles. The first kappa shape index (κ1) is 16.9. The largest absolute Gasteiger partial charge is 0.344 e. The maximum Gasteiger partial charge on any atom is 0.333 e. The third-order valence-corrected chi connectivity index (χ3v) is 4.90. The Bertz CT molecular complexity index is 613. The van der Waals surface area contributed by atoms with Crippen LogP contribution in [-0.4, -0.2) is 33.0 Å². The van der Waals surface area contributed by atoms with Crippen molar-refractivity contribution in [3.8, 4) is 0 Å². The summed E-state index contributed by atoms with van der Waals surface area (Å²) in [5, 5.41) is 4.94. The topological polar surface area (TPSA) is 87.9 Å². The molecule has 0 radical (unpaired) electrons. The standard InChI is InChI=1S/C16H23NO5S/c17-23(18,19)20-12-15-14(11-13-7-3-1-4-8-13)21-16(22-15)9-5-2-6-10-16/h1,3-4,7-8,14-15H,2,5-6,9-12H2,(H2,17,18,19)/t14-,15-/m0/s1. The van der Waals surface area contributed by atoms with Crippen LogP contribution in [0.1, 0.15) is 37.7 Å². The highest BCUT2D eigenvalue weighted by Crippen LogP contribution is 2.41. The van der Waals surface area contributed by atoms with E-state index in [1.807, 2.05) is 30.3 Å². The van der Waals surface area contributed by atoms with Gasteiger partial charge in [-0.2, -0.15) is 8.42 Å². The van der Waals surface area contributed by atoms with Gasteiger partial charge in [0.05, 0.1) is 12.7 Å². The van der Waals surface area contributed by atoms with Crippen molar-refractivity contribution in [3.05, 3.63) is 35.9 Å². The van der Waals surface area contributed by atoms with Gasteiger partial charge in [0.1, 0.15) is 6.10 Å². The second kappa shape index (κ2) is 6.86. The predicted octanol–water partition coefficient (Wildman–Crippen LogP) is 1.89. The van der Waals surface area contributed by atoms with E-state index in [9.17, 15) is 8.42 Å². The van der Waals surface area contributed by atoms with E-state index in [1.165, 1.54) is 6.42 Å². The zero-order valence-corrected chi connectivity index (χ0v) is 13.8. The second-order valence-electron chi connectivity index (χ2n) is 6.25. The Labute approximate surface area is 137 Å². The molecule has 1 heterocycles. The zero-order chi connectivity index (χ0) is 16.3. The Balaban J connectivity index is 1.72. The molecule has 23 heavy (non-hydrogen) atoms. The van der Waals surface area contributed by atoms with Gasteiger partial charge >= 0.3 is 10.3 Å². The summed E-state index contributed by atoms with van der Waals surface area (Å²) < 4.78 is 39.3. The number of ether oxygens (including phenoxy) is 2. The fourth-order valence-corrected chi connectivity index (χ4v) is 3.70. The van der Waals surface area contributed by atoms with Crippen LogP contribution >= 0.6 is 0 Å². The fraction of sp³-hybridized carbons (Fsp3) is 0.625. The summed E-state index contributed by atoms with van der Waals surface area (Å²) in [7, 11) is -3.99. The van der Waals surface area contributed by atoms with Crippen molar-refractivity contribution in [1.29, 1.82) is 0 Å². The van der Waals surface area contributed by atoms with Gasteiger partial charge in [0.15, 0.2) is 5.79 Å². The summed E-state index contributed by atoms with van der Waals surface area (Å²) in [6.45, 7) is -0.113. The Morgan fingerprint density at radius 2 is 1.74 bits per heavy atom. The molecule has 2 aliphatic rings. The summed E-state index contributed by atoms with van der Waals surface area (Å²) in [6.07, 6.45) is 4.94. The van der Waals surface area contributed by atoms with E-state index in [1.54, 1.807) is 0 Å². The SMILES string of the molecule is NS(=O)(=O)OC[C@@H]1OC2(CCCCC2)O[C@H]1Cc1ccccc1. The molecule has 1 aliphatic heterocycles. The van der Waals surface area contributed by atoms with Gasteiger partial charge in [-0.3, -0.25) is 4.18 Å². The third kappa shape index (κ3) is 4.51. The molecule has 2 fully saturated rings. The zero-order valence-electron chi connectivity index (χ0n) is 13.0. The summed E-state index contributed by atoms with van der Waals surface area (Å²) in [6, 6.07) is 9.94. The summed E-state index contributed by atoms with van der Waals surface area (Å²) in [5.41, 5.74) is 1.12. The summed E-state index contributed by atoms with van der Waals surface area (Å²) in [5.74, 6) is -0.593. The van der Waals surface area contributed by atoms with Crippen LogP contribution in [0.25, 0.3) is 0 Å². The van der Waals surface area contributed by atoms with Gasteiger partial charge in [-0.1, -0.05) is 36.8 Å². The van der Waals surface area contributed by atoms with E-state index in [-0.39, 0.29) is 12.7 Å². The van der Waals surface area contributed by atoms with Gasteiger partial charge < -0.3 is 9.47 Å². The lowest BCUT2D eigenvalue weighted by atomic mass is 9.94. The molecule has 6 nitrogen and oxygen atoms in total. The van der Waals surface area contributed by atoms with E-state index in [4.69, 9.17) is 18.8 Å². The van der Waals surface area contributed by atoms with Gasteiger partial charge in [0.2, 0.25) is 0 Å². The summed E-state index contributed by atoms with van der Waals surface area (Å²) in [4.78, 5) is 0. The Morgan fingerprint density at radius 1 is 1.09 bits per heavy atom. The van der Waals surface area contributed by atoms with Crippen molar-refractivity contribution in [2.24, 2.45) is 5.14 Å². The molecule has 1 aromatic carbocycles. The lowest BCUT2D eigenvalue weighted by Gasteiger charge is -2.32. The molecular weight excluding hydrogens is 318 g/mol. The Hall–Kier alpha value is -0.990. The van der Waals surface area contributed by atoms with Gasteiger partial charge in [0.25, 0.3) is 0 Å². The van der Waals surface area contributed by atoms with Gasteiger partial charge in [-0.25, -0.2) is 5.14 Å². The van der Waals surface area contributed by atoms with E-state index in [2.05, 4.69) is 0 Å². The average Bonchev–Trinajstić information content (AvgIpc) is 2.83. The molecule has 128 valence electrons. The van der Waals surface area contributed by atoms with Crippen molar-refractivity contribution in [2.45, 2.75) is 56.5 Å². The summed E-state index contributed by atoms with van der Waals surface area (Å²) >= 11 is 0. The Kier molecular flexibility index (Phi) is 5.03. The lowest BCUT2D eigenvalue weighted by molar-refractivity contribution is -0.195. The van der Waals surface area contributed by atoms with Crippen LogP contribution < -0.4 is 5.14 Å². The van der Waals surface area contributed by atoms with Crippen molar-refractivity contribution in [2.75, 3.05) is 6.61 Å². The van der Waals surface area contributed by atoms with Crippen LogP contribution in [0.2, 0.25) is 0 Å². The van der Waals surface area contributed by atoms with E-state index in [0.29, 0.717) is 6.42 Å². The molecule has 1 saturated carbocycles. The normalized spacial score (nSPS) is 27.3. The van der Waals surface area contributed by atoms with Crippen molar-refractivity contribution in [1.82, 2.24) is 0 Å². The quantitative estimate of drug-likeness (QED) is 0.883. The lowest BCUT2D eigenvalue weighted by Crippen LogP contribution is -2.34. The van der Waals surface area contributed by atoms with E-state index >= 15 is 0 Å². The molecule has 0 unspecified atom stereocenters. The highest BCUT2D eigenvalue weighted by atomic mass is 32.2. The molecule has 1 aromatic rings. The number of nitrogens with two attached hydrogens (primary N) is 1. The minimum absolute atomic E-state index is 0.113. The van der Waals surface area contributed by atoms with Gasteiger partial charge in [0, 0.05) is 19.3 Å². The average molecular weight is 341 g/mol. The molecule has 2 atom stereocenters. The maximum atomic E-state index is 11.1. The molecule has 2 N–H and O–H groups in total. The number of rotatable bonds is 5. The predicted molar refractivity (Wildman–Crippen MR) is 84.8 cm³/mol. The van der Waals surface area contributed by atoms with Crippen LogP contribution in [0.3, 0.4) is 0 Å². The second-order valence-corrected chi connectivity index (χ2v) is 7.47. The van der Waals surface area contributed by atoms with Crippen molar-refractivity contribution >= 4 is 10.3 Å². The minimum atomic E-state index is -3.99.